The van der Waals surface area contributed by atoms with Crippen LogP contribution >= 0.6 is 0 Å². The first-order chi connectivity index (χ1) is 5.76. The highest BCUT2D eigenvalue weighted by molar-refractivity contribution is 5.77. The van der Waals surface area contributed by atoms with Crippen molar-refractivity contribution in [2.45, 2.75) is 13.8 Å². The van der Waals surface area contributed by atoms with E-state index in [9.17, 15) is 4.79 Å². The van der Waals surface area contributed by atoms with E-state index >= 15 is 0 Å². The summed E-state index contributed by atoms with van der Waals surface area (Å²) in [5.41, 5.74) is 0. The molecule has 0 bridgehead atoms. The van der Waals surface area contributed by atoms with Gasteiger partial charge in [0.15, 0.2) is 0 Å². The Morgan fingerprint density at radius 3 is 2.67 bits per heavy atom. The lowest BCUT2D eigenvalue weighted by molar-refractivity contribution is -0.135. The number of amides is 1. The number of nitrogens with zero attached hydrogens (tertiary/aromatic N) is 1. The smallest absolute Gasteiger partial charge is 0.248 e. The Morgan fingerprint density at radius 2 is 2.25 bits per heavy atom. The van der Waals surface area contributed by atoms with Crippen molar-refractivity contribution >= 4 is 5.91 Å². The van der Waals surface area contributed by atoms with E-state index in [1.165, 1.54) is 0 Å². The molecule has 0 saturated heterocycles. The first kappa shape index (κ1) is 11.2. The molecular weight excluding hydrogens is 154 g/mol. The van der Waals surface area contributed by atoms with Crippen LogP contribution < -0.4 is 0 Å². The molecule has 0 aromatic rings. The average Bonchev–Trinajstić information content (AvgIpc) is 2.10. The fourth-order valence-electron chi connectivity index (χ4n) is 0.844. The third kappa shape index (κ3) is 4.13. The van der Waals surface area contributed by atoms with E-state index in [0.717, 1.165) is 0 Å². The van der Waals surface area contributed by atoms with Gasteiger partial charge in [0.2, 0.25) is 5.91 Å². The van der Waals surface area contributed by atoms with E-state index in [2.05, 4.69) is 6.58 Å². The lowest BCUT2D eigenvalue weighted by Crippen LogP contribution is -2.33. The molecule has 12 heavy (non-hydrogen) atoms. The monoisotopic (exact) mass is 171 g/mol. The van der Waals surface area contributed by atoms with Gasteiger partial charge in [-0.25, -0.2) is 0 Å². The summed E-state index contributed by atoms with van der Waals surface area (Å²) >= 11 is 0. The minimum absolute atomic E-state index is 0.0271. The molecule has 3 nitrogen and oxygen atoms in total. The summed E-state index contributed by atoms with van der Waals surface area (Å²) in [5, 5.41) is 0. The Labute approximate surface area is 74.0 Å². The van der Waals surface area contributed by atoms with Gasteiger partial charge in [-0.2, -0.15) is 0 Å². The second-order valence-corrected chi connectivity index (χ2v) is 2.36. The van der Waals surface area contributed by atoms with Crippen molar-refractivity contribution in [1.82, 2.24) is 4.90 Å². The summed E-state index contributed by atoms with van der Waals surface area (Å²) in [6, 6.07) is 0. The molecule has 1 amide bonds. The molecule has 0 fully saturated rings. The lowest BCUT2D eigenvalue weighted by Gasteiger charge is -2.18. The van der Waals surface area contributed by atoms with Gasteiger partial charge in [-0.15, -0.1) is 6.58 Å². The van der Waals surface area contributed by atoms with Crippen LogP contribution in [-0.2, 0) is 9.53 Å². The van der Waals surface area contributed by atoms with Crippen LogP contribution in [0.1, 0.15) is 13.8 Å². The van der Waals surface area contributed by atoms with Gasteiger partial charge in [0.25, 0.3) is 0 Å². The highest BCUT2D eigenvalue weighted by Crippen LogP contribution is 1.90. The molecule has 0 aliphatic rings. The molecule has 0 atom stereocenters. The van der Waals surface area contributed by atoms with Gasteiger partial charge in [0.1, 0.15) is 6.61 Å². The molecule has 70 valence electrons. The molecule has 0 radical (unpaired) electrons. The number of carbonyl (C=O) groups excluding carboxylic acids is 1. The highest BCUT2D eigenvalue weighted by atomic mass is 16.5. The Bertz CT molecular complexity index is 145. The van der Waals surface area contributed by atoms with Crippen molar-refractivity contribution in [3.05, 3.63) is 12.7 Å². The predicted molar refractivity (Wildman–Crippen MR) is 48.9 cm³/mol. The summed E-state index contributed by atoms with van der Waals surface area (Å²) in [6.07, 6.45) is 1.72. The molecule has 0 N–H and O–H groups in total. The van der Waals surface area contributed by atoms with Crippen molar-refractivity contribution in [2.75, 3.05) is 26.3 Å². The van der Waals surface area contributed by atoms with Crippen LogP contribution in [0.3, 0.4) is 0 Å². The molecule has 0 aliphatic heterocycles. The van der Waals surface area contributed by atoms with Crippen LogP contribution in [0.4, 0.5) is 0 Å². The Kier molecular flexibility index (Phi) is 6.38. The average molecular weight is 171 g/mol. The molecule has 0 saturated carbocycles. The highest BCUT2D eigenvalue weighted by Gasteiger charge is 2.08. The van der Waals surface area contributed by atoms with Crippen molar-refractivity contribution in [2.24, 2.45) is 0 Å². The number of ether oxygens (including phenoxy) is 1. The van der Waals surface area contributed by atoms with E-state index < -0.39 is 0 Å². The zero-order valence-electron chi connectivity index (χ0n) is 7.88. The number of carbonyl (C=O) groups is 1. The van der Waals surface area contributed by atoms with Crippen molar-refractivity contribution < 1.29 is 9.53 Å². The maximum atomic E-state index is 11.3. The fraction of sp³-hybridized carbons (Fsp3) is 0.667. The first-order valence-corrected chi connectivity index (χ1v) is 4.22. The van der Waals surface area contributed by atoms with Gasteiger partial charge < -0.3 is 9.64 Å². The summed E-state index contributed by atoms with van der Waals surface area (Å²) < 4.78 is 5.00. The molecule has 0 aromatic heterocycles. The molecule has 0 heterocycles. The second-order valence-electron chi connectivity index (χ2n) is 2.36. The zero-order valence-corrected chi connectivity index (χ0v) is 7.88. The summed E-state index contributed by atoms with van der Waals surface area (Å²) in [5.74, 6) is 0.0271. The largest absolute Gasteiger partial charge is 0.372 e. The third-order valence-corrected chi connectivity index (χ3v) is 1.51. The minimum atomic E-state index is 0.0271. The number of hydrogen-bond acceptors (Lipinski definition) is 2. The number of hydrogen-bond donors (Lipinski definition) is 0. The standard InChI is InChI=1S/C9H17NO2/c1-4-7-10(5-2)9(11)8-12-6-3/h4H,1,5-8H2,2-3H3. The van der Waals surface area contributed by atoms with Gasteiger partial charge in [-0.1, -0.05) is 6.08 Å². The lowest BCUT2D eigenvalue weighted by atomic mass is 10.4. The van der Waals surface area contributed by atoms with Crippen LogP contribution in [-0.4, -0.2) is 37.1 Å². The third-order valence-electron chi connectivity index (χ3n) is 1.51. The van der Waals surface area contributed by atoms with Gasteiger partial charge in [0, 0.05) is 19.7 Å². The molecule has 0 rings (SSSR count). The predicted octanol–water partition coefficient (Wildman–Crippen LogP) is 1.06. The Hall–Kier alpha value is -0.830. The topological polar surface area (TPSA) is 29.5 Å². The van der Waals surface area contributed by atoms with Crippen LogP contribution in [0.2, 0.25) is 0 Å². The van der Waals surface area contributed by atoms with Gasteiger partial charge in [0.05, 0.1) is 0 Å². The number of rotatable bonds is 6. The zero-order chi connectivity index (χ0) is 9.40. The summed E-state index contributed by atoms with van der Waals surface area (Å²) in [7, 11) is 0. The molecule has 0 aromatic carbocycles. The molecular formula is C9H17NO2. The van der Waals surface area contributed by atoms with Crippen LogP contribution in [0, 0.1) is 0 Å². The van der Waals surface area contributed by atoms with E-state index in [1.807, 2.05) is 13.8 Å². The maximum Gasteiger partial charge on any atom is 0.248 e. The van der Waals surface area contributed by atoms with E-state index in [0.29, 0.717) is 19.7 Å². The molecule has 3 heteroatoms. The van der Waals surface area contributed by atoms with E-state index in [-0.39, 0.29) is 12.5 Å². The molecule has 0 spiro atoms. The Balaban J connectivity index is 3.76. The second kappa shape index (κ2) is 6.85. The fourth-order valence-corrected chi connectivity index (χ4v) is 0.844. The molecule has 0 unspecified atom stereocenters. The van der Waals surface area contributed by atoms with Gasteiger partial charge in [-0.3, -0.25) is 4.79 Å². The van der Waals surface area contributed by atoms with E-state index in [4.69, 9.17) is 4.74 Å². The van der Waals surface area contributed by atoms with Crippen LogP contribution in [0.15, 0.2) is 12.7 Å². The summed E-state index contributed by atoms with van der Waals surface area (Å²) in [4.78, 5) is 13.0. The van der Waals surface area contributed by atoms with Crippen molar-refractivity contribution in [3.63, 3.8) is 0 Å². The summed E-state index contributed by atoms with van der Waals surface area (Å²) in [6.45, 7) is 9.45. The van der Waals surface area contributed by atoms with Crippen LogP contribution in [0.25, 0.3) is 0 Å². The van der Waals surface area contributed by atoms with Gasteiger partial charge >= 0.3 is 0 Å². The maximum absolute atomic E-state index is 11.3. The van der Waals surface area contributed by atoms with Gasteiger partial charge in [-0.05, 0) is 13.8 Å². The van der Waals surface area contributed by atoms with Crippen molar-refractivity contribution in [1.29, 1.82) is 0 Å². The van der Waals surface area contributed by atoms with E-state index in [1.54, 1.807) is 11.0 Å². The van der Waals surface area contributed by atoms with Crippen LogP contribution in [0.5, 0.6) is 0 Å². The number of likely N-dealkylation sites (N-methyl/N-ethyl adjacent to an activating group) is 1. The molecule has 0 aliphatic carbocycles. The first-order valence-electron chi connectivity index (χ1n) is 4.22. The van der Waals surface area contributed by atoms with Crippen molar-refractivity contribution in [3.8, 4) is 0 Å². The minimum Gasteiger partial charge on any atom is -0.372 e. The SMILES string of the molecule is C=CCN(CC)C(=O)COCC. The Morgan fingerprint density at radius 1 is 1.58 bits per heavy atom. The normalized spacial score (nSPS) is 9.50. The quantitative estimate of drug-likeness (QED) is 0.559.